The van der Waals surface area contributed by atoms with Gasteiger partial charge in [-0.3, -0.25) is 9.48 Å². The first-order valence-electron chi connectivity index (χ1n) is 9.20. The van der Waals surface area contributed by atoms with Crippen molar-refractivity contribution in [2.24, 2.45) is 12.0 Å². The lowest BCUT2D eigenvalue weighted by Crippen LogP contribution is -2.43. The molecule has 1 heterocycles. The Balaban J connectivity index is 0.00000625. The number of aryl methyl sites for hydroxylation is 2. The third-order valence-corrected chi connectivity index (χ3v) is 4.15. The van der Waals surface area contributed by atoms with Gasteiger partial charge in [0.2, 0.25) is 5.91 Å². The van der Waals surface area contributed by atoms with Gasteiger partial charge in [0.15, 0.2) is 5.96 Å². The van der Waals surface area contributed by atoms with E-state index in [0.29, 0.717) is 12.5 Å². The van der Waals surface area contributed by atoms with E-state index >= 15 is 0 Å². The molecule has 1 rings (SSSR count). The van der Waals surface area contributed by atoms with Crippen LogP contribution in [0, 0.1) is 0 Å². The molecule has 0 bridgehead atoms. The van der Waals surface area contributed by atoms with Crippen molar-refractivity contribution in [2.75, 3.05) is 27.2 Å². The van der Waals surface area contributed by atoms with Crippen LogP contribution in [0.5, 0.6) is 0 Å². The number of carbonyl (C=O) groups excluding carboxylic acids is 1. The van der Waals surface area contributed by atoms with Gasteiger partial charge in [0.25, 0.3) is 0 Å². The highest BCUT2D eigenvalue weighted by atomic mass is 127. The summed E-state index contributed by atoms with van der Waals surface area (Å²) < 4.78 is 1.96. The Kier molecular flexibility index (Phi) is 12.3. The Labute approximate surface area is 175 Å². The van der Waals surface area contributed by atoms with Crippen LogP contribution in [-0.4, -0.2) is 53.7 Å². The summed E-state index contributed by atoms with van der Waals surface area (Å²) >= 11 is 0. The summed E-state index contributed by atoms with van der Waals surface area (Å²) in [6, 6.07) is 0. The van der Waals surface area contributed by atoms with Gasteiger partial charge in [-0.05, 0) is 19.3 Å². The molecule has 1 amide bonds. The molecule has 0 aliphatic heterocycles. The standard InChI is InChI=1S/C18H34N6O.HI/c1-7-10-11-19-18(21-13-17(25)23(4)5)20-12-14-15(8-2)22-24(6)16(14)9-3;/h7-13H2,1-6H3,(H2,19,20,21);1H. The highest BCUT2D eigenvalue weighted by Crippen LogP contribution is 2.16. The number of unbranched alkanes of at least 4 members (excludes halogenated alkanes) is 1. The third kappa shape index (κ3) is 7.51. The molecule has 0 fully saturated rings. The molecule has 0 aliphatic carbocycles. The number of aromatic nitrogens is 2. The SMILES string of the molecule is CCCCNC(=NCc1c(CC)nn(C)c1CC)NCC(=O)N(C)C.I. The van der Waals surface area contributed by atoms with Crippen LogP contribution in [0.3, 0.4) is 0 Å². The zero-order chi connectivity index (χ0) is 18.8. The van der Waals surface area contributed by atoms with Gasteiger partial charge in [-0.25, -0.2) is 4.99 Å². The topological polar surface area (TPSA) is 74.5 Å². The van der Waals surface area contributed by atoms with Crippen molar-refractivity contribution in [3.05, 3.63) is 17.0 Å². The van der Waals surface area contributed by atoms with Crippen LogP contribution in [0.2, 0.25) is 0 Å². The maximum atomic E-state index is 11.8. The number of amides is 1. The summed E-state index contributed by atoms with van der Waals surface area (Å²) in [7, 11) is 5.49. The first-order valence-corrected chi connectivity index (χ1v) is 9.20. The molecular weight excluding hydrogens is 443 g/mol. The minimum Gasteiger partial charge on any atom is -0.356 e. The lowest BCUT2D eigenvalue weighted by atomic mass is 10.1. The number of hydrogen-bond acceptors (Lipinski definition) is 3. The second-order valence-electron chi connectivity index (χ2n) is 6.29. The first kappa shape index (κ1) is 24.7. The summed E-state index contributed by atoms with van der Waals surface area (Å²) in [6.07, 6.45) is 4.00. The molecule has 150 valence electrons. The minimum absolute atomic E-state index is 0. The monoisotopic (exact) mass is 478 g/mol. The molecule has 0 saturated heterocycles. The predicted molar refractivity (Wildman–Crippen MR) is 118 cm³/mol. The summed E-state index contributed by atoms with van der Waals surface area (Å²) in [4.78, 5) is 18.1. The number of nitrogens with zero attached hydrogens (tertiary/aromatic N) is 4. The Morgan fingerprint density at radius 3 is 2.42 bits per heavy atom. The molecule has 0 aliphatic rings. The first-order chi connectivity index (χ1) is 11.9. The number of likely N-dealkylation sites (N-methyl/N-ethyl adjacent to an activating group) is 1. The van der Waals surface area contributed by atoms with Crippen molar-refractivity contribution in [1.29, 1.82) is 0 Å². The number of rotatable bonds is 9. The van der Waals surface area contributed by atoms with E-state index in [1.165, 1.54) is 11.3 Å². The normalized spacial score (nSPS) is 11.1. The van der Waals surface area contributed by atoms with E-state index in [4.69, 9.17) is 4.99 Å². The number of carbonyl (C=O) groups is 1. The molecule has 0 atom stereocenters. The highest BCUT2D eigenvalue weighted by molar-refractivity contribution is 14.0. The average molecular weight is 478 g/mol. The zero-order valence-corrected chi connectivity index (χ0v) is 19.4. The van der Waals surface area contributed by atoms with E-state index in [1.807, 2.05) is 11.7 Å². The lowest BCUT2D eigenvalue weighted by Gasteiger charge is -2.15. The molecule has 0 aromatic carbocycles. The lowest BCUT2D eigenvalue weighted by molar-refractivity contribution is -0.127. The molecule has 0 unspecified atom stereocenters. The Hall–Kier alpha value is -1.32. The summed E-state index contributed by atoms with van der Waals surface area (Å²) in [5.74, 6) is 0.700. The van der Waals surface area contributed by atoms with Crippen molar-refractivity contribution >= 4 is 35.8 Å². The Morgan fingerprint density at radius 2 is 1.88 bits per heavy atom. The van der Waals surface area contributed by atoms with Gasteiger partial charge in [0, 0.05) is 38.9 Å². The fourth-order valence-corrected chi connectivity index (χ4v) is 2.61. The van der Waals surface area contributed by atoms with Crippen molar-refractivity contribution in [3.8, 4) is 0 Å². The number of aliphatic imine (C=N–C) groups is 1. The van der Waals surface area contributed by atoms with E-state index in [1.54, 1.807) is 19.0 Å². The highest BCUT2D eigenvalue weighted by Gasteiger charge is 2.13. The van der Waals surface area contributed by atoms with E-state index < -0.39 is 0 Å². The molecule has 1 aromatic rings. The number of nitrogens with one attached hydrogen (secondary N) is 2. The van der Waals surface area contributed by atoms with Crippen molar-refractivity contribution < 1.29 is 4.79 Å². The summed E-state index contributed by atoms with van der Waals surface area (Å²) in [6.45, 7) is 8.05. The maximum Gasteiger partial charge on any atom is 0.241 e. The van der Waals surface area contributed by atoms with Crippen LogP contribution in [-0.2, 0) is 31.2 Å². The fourth-order valence-electron chi connectivity index (χ4n) is 2.61. The van der Waals surface area contributed by atoms with E-state index in [-0.39, 0.29) is 36.4 Å². The second-order valence-corrected chi connectivity index (χ2v) is 6.29. The van der Waals surface area contributed by atoms with Crippen LogP contribution in [0.1, 0.15) is 50.6 Å². The van der Waals surface area contributed by atoms with Crippen LogP contribution in [0.4, 0.5) is 0 Å². The van der Waals surface area contributed by atoms with Crippen LogP contribution in [0.25, 0.3) is 0 Å². The number of hydrogen-bond donors (Lipinski definition) is 2. The fraction of sp³-hybridized carbons (Fsp3) is 0.722. The summed E-state index contributed by atoms with van der Waals surface area (Å²) in [5, 5.41) is 11.0. The molecule has 2 N–H and O–H groups in total. The van der Waals surface area contributed by atoms with Crippen LogP contribution in [0.15, 0.2) is 4.99 Å². The van der Waals surface area contributed by atoms with Gasteiger partial charge in [-0.1, -0.05) is 27.2 Å². The maximum absolute atomic E-state index is 11.8. The smallest absolute Gasteiger partial charge is 0.241 e. The molecule has 0 saturated carbocycles. The van der Waals surface area contributed by atoms with Gasteiger partial charge in [0.05, 0.1) is 18.8 Å². The van der Waals surface area contributed by atoms with Gasteiger partial charge in [0.1, 0.15) is 0 Å². The minimum atomic E-state index is 0. The van der Waals surface area contributed by atoms with Gasteiger partial charge < -0.3 is 15.5 Å². The van der Waals surface area contributed by atoms with Crippen molar-refractivity contribution in [3.63, 3.8) is 0 Å². The van der Waals surface area contributed by atoms with Gasteiger partial charge in [-0.15, -0.1) is 24.0 Å². The Morgan fingerprint density at radius 1 is 1.19 bits per heavy atom. The third-order valence-electron chi connectivity index (χ3n) is 4.15. The number of guanidine groups is 1. The molecule has 1 aromatic heterocycles. The number of halogens is 1. The molecule has 0 spiro atoms. The van der Waals surface area contributed by atoms with Gasteiger partial charge >= 0.3 is 0 Å². The largest absolute Gasteiger partial charge is 0.356 e. The predicted octanol–water partition coefficient (Wildman–Crippen LogP) is 2.09. The van der Waals surface area contributed by atoms with Crippen LogP contribution < -0.4 is 10.6 Å². The molecular formula is C18H35IN6O. The molecule has 8 heteroatoms. The van der Waals surface area contributed by atoms with E-state index in [0.717, 1.165) is 37.9 Å². The van der Waals surface area contributed by atoms with E-state index in [9.17, 15) is 4.79 Å². The summed E-state index contributed by atoms with van der Waals surface area (Å²) in [5.41, 5.74) is 3.52. The van der Waals surface area contributed by atoms with Gasteiger partial charge in [-0.2, -0.15) is 5.10 Å². The van der Waals surface area contributed by atoms with Crippen LogP contribution >= 0.6 is 24.0 Å². The molecule has 26 heavy (non-hydrogen) atoms. The van der Waals surface area contributed by atoms with Crippen molar-refractivity contribution in [2.45, 2.75) is 53.0 Å². The molecule has 7 nitrogen and oxygen atoms in total. The van der Waals surface area contributed by atoms with Crippen molar-refractivity contribution in [1.82, 2.24) is 25.3 Å². The molecule has 0 radical (unpaired) electrons. The second kappa shape index (κ2) is 12.9. The Bertz CT molecular complexity index is 582. The zero-order valence-electron chi connectivity index (χ0n) is 17.1. The average Bonchev–Trinajstić information content (AvgIpc) is 2.91. The quantitative estimate of drug-likeness (QED) is 0.247. The van der Waals surface area contributed by atoms with E-state index in [2.05, 4.69) is 36.5 Å².